The lowest BCUT2D eigenvalue weighted by molar-refractivity contribution is -0.0354. The van der Waals surface area contributed by atoms with Crippen LogP contribution in [0.25, 0.3) is 0 Å². The molecular formula is C15H20BrNO. The first-order chi connectivity index (χ1) is 8.66. The van der Waals surface area contributed by atoms with Crippen LogP contribution in [0.2, 0.25) is 0 Å². The molecule has 0 saturated heterocycles. The molecule has 18 heavy (non-hydrogen) atoms. The van der Waals surface area contributed by atoms with Crippen molar-refractivity contribution in [3.8, 4) is 0 Å². The van der Waals surface area contributed by atoms with Crippen LogP contribution in [0.15, 0.2) is 28.7 Å². The van der Waals surface area contributed by atoms with Crippen molar-refractivity contribution in [1.29, 1.82) is 0 Å². The van der Waals surface area contributed by atoms with E-state index in [-0.39, 0.29) is 0 Å². The molecule has 1 aromatic carbocycles. The predicted octanol–water partition coefficient (Wildman–Crippen LogP) is 3.20. The number of nitrogens with one attached hydrogen (secondary N) is 1. The van der Waals surface area contributed by atoms with Gasteiger partial charge in [-0.05, 0) is 49.7 Å². The van der Waals surface area contributed by atoms with E-state index in [2.05, 4.69) is 45.5 Å². The Balaban J connectivity index is 1.47. The van der Waals surface area contributed by atoms with E-state index < -0.39 is 5.60 Å². The average Bonchev–Trinajstić information content (AvgIpc) is 2.27. The van der Waals surface area contributed by atoms with Crippen molar-refractivity contribution in [1.82, 2.24) is 5.32 Å². The number of rotatable bonds is 4. The summed E-state index contributed by atoms with van der Waals surface area (Å²) in [5.41, 5.74) is 1.04. The Morgan fingerprint density at radius 2 is 2.00 bits per heavy atom. The Hall–Kier alpha value is -0.380. The predicted molar refractivity (Wildman–Crippen MR) is 76.7 cm³/mol. The zero-order valence-electron chi connectivity index (χ0n) is 10.5. The summed E-state index contributed by atoms with van der Waals surface area (Å²) in [6.45, 7) is 0.778. The van der Waals surface area contributed by atoms with Gasteiger partial charge in [-0.3, -0.25) is 0 Å². The lowest BCUT2D eigenvalue weighted by Gasteiger charge is -2.42. The summed E-state index contributed by atoms with van der Waals surface area (Å²) in [6.07, 6.45) is 5.51. The van der Waals surface area contributed by atoms with Crippen LogP contribution in [-0.2, 0) is 0 Å². The van der Waals surface area contributed by atoms with Crippen molar-refractivity contribution < 1.29 is 5.11 Å². The summed E-state index contributed by atoms with van der Waals surface area (Å²) in [7, 11) is 0. The second kappa shape index (κ2) is 4.95. The molecule has 0 unspecified atom stereocenters. The van der Waals surface area contributed by atoms with Gasteiger partial charge in [0.2, 0.25) is 0 Å². The molecule has 0 atom stereocenters. The molecule has 3 heteroatoms. The van der Waals surface area contributed by atoms with Crippen LogP contribution in [0.5, 0.6) is 0 Å². The summed E-state index contributed by atoms with van der Waals surface area (Å²) in [5, 5.41) is 13.6. The number of hydrogen-bond donors (Lipinski definition) is 2. The molecule has 0 radical (unpaired) electrons. The Kier molecular flexibility index (Phi) is 3.48. The van der Waals surface area contributed by atoms with Gasteiger partial charge in [-0.1, -0.05) is 34.1 Å². The van der Waals surface area contributed by atoms with E-state index in [1.165, 1.54) is 29.3 Å². The van der Waals surface area contributed by atoms with Crippen molar-refractivity contribution in [2.75, 3.05) is 6.54 Å². The standard InChI is InChI=1S/C15H20BrNO/c16-14-5-2-1-4-13(14)11-8-12(9-11)17-10-15(18)6-3-7-15/h1-2,4-5,11-12,17-18H,3,6-10H2. The highest BCUT2D eigenvalue weighted by Crippen LogP contribution is 2.40. The minimum absolute atomic E-state index is 0.390. The van der Waals surface area contributed by atoms with E-state index in [1.54, 1.807) is 0 Å². The van der Waals surface area contributed by atoms with Gasteiger partial charge in [0.15, 0.2) is 0 Å². The molecule has 2 aliphatic rings. The monoisotopic (exact) mass is 309 g/mol. The first-order valence-corrected chi connectivity index (χ1v) is 7.66. The van der Waals surface area contributed by atoms with E-state index in [0.717, 1.165) is 19.4 Å². The summed E-state index contributed by atoms with van der Waals surface area (Å²) in [5.74, 6) is 0.675. The van der Waals surface area contributed by atoms with Crippen LogP contribution < -0.4 is 5.32 Å². The van der Waals surface area contributed by atoms with Gasteiger partial charge in [-0.25, -0.2) is 0 Å². The molecule has 3 rings (SSSR count). The Morgan fingerprint density at radius 1 is 1.28 bits per heavy atom. The van der Waals surface area contributed by atoms with Crippen molar-refractivity contribution in [3.63, 3.8) is 0 Å². The van der Waals surface area contributed by atoms with Gasteiger partial charge in [0, 0.05) is 17.1 Å². The molecule has 2 N–H and O–H groups in total. The minimum Gasteiger partial charge on any atom is -0.389 e. The largest absolute Gasteiger partial charge is 0.389 e. The summed E-state index contributed by atoms with van der Waals surface area (Å²) in [6, 6.07) is 9.09. The maximum Gasteiger partial charge on any atom is 0.0771 e. The van der Waals surface area contributed by atoms with Gasteiger partial charge in [0.1, 0.15) is 0 Å². The van der Waals surface area contributed by atoms with Crippen LogP contribution in [0.4, 0.5) is 0 Å². The summed E-state index contributed by atoms with van der Waals surface area (Å²) < 4.78 is 1.23. The molecule has 2 fully saturated rings. The van der Waals surface area contributed by atoms with Crippen molar-refractivity contribution in [3.05, 3.63) is 34.3 Å². The van der Waals surface area contributed by atoms with Crippen LogP contribution in [0.1, 0.15) is 43.6 Å². The molecule has 0 spiro atoms. The number of halogens is 1. The maximum atomic E-state index is 10.0. The fourth-order valence-corrected chi connectivity index (χ4v) is 3.55. The molecule has 0 amide bonds. The normalized spacial score (nSPS) is 29.4. The third kappa shape index (κ3) is 2.49. The molecule has 1 aromatic rings. The zero-order valence-corrected chi connectivity index (χ0v) is 12.1. The number of aliphatic hydroxyl groups is 1. The third-order valence-electron chi connectivity index (χ3n) is 4.49. The quantitative estimate of drug-likeness (QED) is 0.895. The average molecular weight is 310 g/mol. The van der Waals surface area contributed by atoms with E-state index in [9.17, 15) is 5.11 Å². The molecule has 0 aromatic heterocycles. The molecule has 0 bridgehead atoms. The zero-order chi connectivity index (χ0) is 12.6. The fraction of sp³-hybridized carbons (Fsp3) is 0.600. The van der Waals surface area contributed by atoms with Crippen LogP contribution in [0.3, 0.4) is 0 Å². The molecule has 98 valence electrons. The smallest absolute Gasteiger partial charge is 0.0771 e. The summed E-state index contributed by atoms with van der Waals surface area (Å²) >= 11 is 3.62. The van der Waals surface area contributed by atoms with Crippen molar-refractivity contribution >= 4 is 15.9 Å². The van der Waals surface area contributed by atoms with Gasteiger partial charge in [-0.2, -0.15) is 0 Å². The van der Waals surface area contributed by atoms with Crippen LogP contribution >= 0.6 is 15.9 Å². The van der Waals surface area contributed by atoms with E-state index in [1.807, 2.05) is 0 Å². The maximum absolute atomic E-state index is 10.0. The Labute approximate surface area is 117 Å². The van der Waals surface area contributed by atoms with Crippen molar-refractivity contribution in [2.24, 2.45) is 0 Å². The van der Waals surface area contributed by atoms with E-state index in [4.69, 9.17) is 0 Å². The van der Waals surface area contributed by atoms with E-state index in [0.29, 0.717) is 12.0 Å². The first-order valence-electron chi connectivity index (χ1n) is 6.86. The van der Waals surface area contributed by atoms with Gasteiger partial charge in [0.05, 0.1) is 5.60 Å². The molecule has 2 nitrogen and oxygen atoms in total. The van der Waals surface area contributed by atoms with E-state index >= 15 is 0 Å². The Bertz CT molecular complexity index is 424. The second-order valence-corrected chi connectivity index (χ2v) is 6.70. The van der Waals surface area contributed by atoms with Crippen LogP contribution in [-0.4, -0.2) is 23.3 Å². The highest BCUT2D eigenvalue weighted by atomic mass is 79.9. The molecular weight excluding hydrogens is 290 g/mol. The first kappa shape index (κ1) is 12.6. The fourth-order valence-electron chi connectivity index (χ4n) is 2.94. The van der Waals surface area contributed by atoms with Gasteiger partial charge in [0.25, 0.3) is 0 Å². The topological polar surface area (TPSA) is 32.3 Å². The van der Waals surface area contributed by atoms with Gasteiger partial charge < -0.3 is 10.4 Å². The summed E-state index contributed by atoms with van der Waals surface area (Å²) in [4.78, 5) is 0. The number of benzene rings is 1. The lowest BCUT2D eigenvalue weighted by atomic mass is 9.74. The minimum atomic E-state index is -0.390. The molecule has 0 heterocycles. The molecule has 0 aliphatic heterocycles. The highest BCUT2D eigenvalue weighted by Gasteiger charge is 2.37. The third-order valence-corrected chi connectivity index (χ3v) is 5.21. The molecule has 2 saturated carbocycles. The van der Waals surface area contributed by atoms with Gasteiger partial charge in [-0.15, -0.1) is 0 Å². The second-order valence-electron chi connectivity index (χ2n) is 5.85. The Morgan fingerprint density at radius 3 is 2.61 bits per heavy atom. The van der Waals surface area contributed by atoms with Crippen LogP contribution in [0, 0.1) is 0 Å². The number of hydrogen-bond acceptors (Lipinski definition) is 2. The van der Waals surface area contributed by atoms with Crippen molar-refractivity contribution in [2.45, 2.75) is 49.7 Å². The SMILES string of the molecule is OC1(CNC2CC(c3ccccc3Br)C2)CCC1. The highest BCUT2D eigenvalue weighted by molar-refractivity contribution is 9.10. The van der Waals surface area contributed by atoms with Gasteiger partial charge >= 0.3 is 0 Å². The lowest BCUT2D eigenvalue weighted by Crippen LogP contribution is -2.51. The molecule has 2 aliphatic carbocycles.